The second kappa shape index (κ2) is 6.06. The standard InChI is InChI=1S/C19H20N2O/c1-3-15-9-11-16(12-10-15)13-18-19(22)14(2)20-21(18)17-7-5-4-6-8-17/h4-12,22H,3,13H2,1-2H3. The molecule has 1 heterocycles. The second-order valence-corrected chi connectivity index (χ2v) is 5.47. The summed E-state index contributed by atoms with van der Waals surface area (Å²) in [5.74, 6) is 0.281. The van der Waals surface area contributed by atoms with Crippen molar-refractivity contribution in [3.05, 3.63) is 77.1 Å². The Bertz CT molecular complexity index is 758. The zero-order chi connectivity index (χ0) is 15.5. The average molecular weight is 292 g/mol. The van der Waals surface area contributed by atoms with E-state index in [2.05, 4.69) is 36.3 Å². The van der Waals surface area contributed by atoms with Crippen LogP contribution in [0.15, 0.2) is 54.6 Å². The van der Waals surface area contributed by atoms with Crippen LogP contribution in [0.3, 0.4) is 0 Å². The molecule has 1 N–H and O–H groups in total. The van der Waals surface area contributed by atoms with Crippen LogP contribution in [0.1, 0.15) is 29.4 Å². The third-order valence-electron chi connectivity index (χ3n) is 3.93. The summed E-state index contributed by atoms with van der Waals surface area (Å²) in [5, 5.41) is 14.8. The SMILES string of the molecule is CCc1ccc(Cc2c(O)c(C)nn2-c2ccccc2)cc1. The largest absolute Gasteiger partial charge is 0.504 e. The lowest BCUT2D eigenvalue weighted by molar-refractivity contribution is 0.464. The molecule has 0 fully saturated rings. The van der Waals surface area contributed by atoms with Crippen LogP contribution in [0, 0.1) is 6.92 Å². The van der Waals surface area contributed by atoms with Crippen LogP contribution in [0.5, 0.6) is 5.75 Å². The molecule has 2 aromatic carbocycles. The van der Waals surface area contributed by atoms with Crippen molar-refractivity contribution in [3.8, 4) is 11.4 Å². The second-order valence-electron chi connectivity index (χ2n) is 5.47. The molecule has 0 saturated heterocycles. The summed E-state index contributed by atoms with van der Waals surface area (Å²) in [6.07, 6.45) is 1.69. The van der Waals surface area contributed by atoms with E-state index in [9.17, 15) is 5.11 Å². The Hall–Kier alpha value is -2.55. The first-order valence-corrected chi connectivity index (χ1v) is 7.59. The van der Waals surface area contributed by atoms with Crippen molar-refractivity contribution in [2.75, 3.05) is 0 Å². The molecular weight excluding hydrogens is 272 g/mol. The molecule has 3 heteroatoms. The monoisotopic (exact) mass is 292 g/mol. The number of para-hydroxylation sites is 1. The molecule has 3 nitrogen and oxygen atoms in total. The fraction of sp³-hybridized carbons (Fsp3) is 0.211. The van der Waals surface area contributed by atoms with E-state index in [1.807, 2.05) is 41.9 Å². The molecule has 1 aromatic heterocycles. The molecule has 0 amide bonds. The lowest BCUT2D eigenvalue weighted by Crippen LogP contribution is -2.03. The number of rotatable bonds is 4. The molecule has 112 valence electrons. The summed E-state index contributed by atoms with van der Waals surface area (Å²) in [6.45, 7) is 3.98. The smallest absolute Gasteiger partial charge is 0.160 e. The van der Waals surface area contributed by atoms with E-state index in [0.717, 1.165) is 17.8 Å². The average Bonchev–Trinajstić information content (AvgIpc) is 2.85. The van der Waals surface area contributed by atoms with Crippen LogP contribution in [-0.4, -0.2) is 14.9 Å². The molecule has 0 unspecified atom stereocenters. The molecule has 0 aliphatic heterocycles. The van der Waals surface area contributed by atoms with Crippen molar-refractivity contribution in [2.24, 2.45) is 0 Å². The Morgan fingerprint density at radius 3 is 2.23 bits per heavy atom. The van der Waals surface area contributed by atoms with Gasteiger partial charge in [-0.25, -0.2) is 4.68 Å². The number of hydrogen-bond donors (Lipinski definition) is 1. The van der Waals surface area contributed by atoms with Gasteiger partial charge < -0.3 is 5.11 Å². The fourth-order valence-electron chi connectivity index (χ4n) is 2.59. The highest BCUT2D eigenvalue weighted by Crippen LogP contribution is 2.27. The first kappa shape index (κ1) is 14.4. The minimum atomic E-state index is 0.281. The van der Waals surface area contributed by atoms with E-state index in [1.54, 1.807) is 0 Å². The van der Waals surface area contributed by atoms with Crippen molar-refractivity contribution < 1.29 is 5.11 Å². The topological polar surface area (TPSA) is 38.1 Å². The molecule has 0 saturated carbocycles. The number of aryl methyl sites for hydroxylation is 2. The molecular formula is C19H20N2O. The van der Waals surface area contributed by atoms with Crippen LogP contribution in [0.4, 0.5) is 0 Å². The molecule has 0 radical (unpaired) electrons. The summed E-state index contributed by atoms with van der Waals surface area (Å²) in [6, 6.07) is 18.4. The first-order valence-electron chi connectivity index (χ1n) is 7.59. The summed E-state index contributed by atoms with van der Waals surface area (Å²) in [4.78, 5) is 0. The summed E-state index contributed by atoms with van der Waals surface area (Å²) < 4.78 is 1.83. The Kier molecular flexibility index (Phi) is 3.96. The van der Waals surface area contributed by atoms with Gasteiger partial charge >= 0.3 is 0 Å². The Morgan fingerprint density at radius 1 is 0.955 bits per heavy atom. The third-order valence-corrected chi connectivity index (χ3v) is 3.93. The molecule has 22 heavy (non-hydrogen) atoms. The van der Waals surface area contributed by atoms with Gasteiger partial charge in [0.1, 0.15) is 5.69 Å². The Morgan fingerprint density at radius 2 is 1.59 bits per heavy atom. The molecule has 3 rings (SSSR count). The number of hydrogen-bond acceptors (Lipinski definition) is 2. The maximum absolute atomic E-state index is 10.4. The molecule has 0 aliphatic carbocycles. The van der Waals surface area contributed by atoms with Gasteiger partial charge in [0.25, 0.3) is 0 Å². The first-order chi connectivity index (χ1) is 10.7. The van der Waals surface area contributed by atoms with E-state index in [0.29, 0.717) is 12.1 Å². The minimum Gasteiger partial charge on any atom is -0.504 e. The van der Waals surface area contributed by atoms with Gasteiger partial charge in [0.15, 0.2) is 5.75 Å². The fourth-order valence-corrected chi connectivity index (χ4v) is 2.59. The molecule has 3 aromatic rings. The van der Waals surface area contributed by atoms with Crippen LogP contribution < -0.4 is 0 Å². The highest BCUT2D eigenvalue weighted by Gasteiger charge is 2.15. The van der Waals surface area contributed by atoms with Crippen molar-refractivity contribution in [2.45, 2.75) is 26.7 Å². The highest BCUT2D eigenvalue weighted by molar-refractivity contribution is 5.42. The van der Waals surface area contributed by atoms with Gasteiger partial charge in [-0.2, -0.15) is 5.10 Å². The van der Waals surface area contributed by atoms with Crippen LogP contribution in [0.25, 0.3) is 5.69 Å². The molecule has 0 bridgehead atoms. The van der Waals surface area contributed by atoms with E-state index in [4.69, 9.17) is 0 Å². The highest BCUT2D eigenvalue weighted by atomic mass is 16.3. The quantitative estimate of drug-likeness (QED) is 0.788. The number of aromatic nitrogens is 2. The number of aromatic hydroxyl groups is 1. The number of nitrogens with zero attached hydrogens (tertiary/aromatic N) is 2. The maximum Gasteiger partial charge on any atom is 0.160 e. The van der Waals surface area contributed by atoms with Crippen molar-refractivity contribution in [1.82, 2.24) is 9.78 Å². The van der Waals surface area contributed by atoms with Crippen molar-refractivity contribution in [3.63, 3.8) is 0 Å². The van der Waals surface area contributed by atoms with Gasteiger partial charge in [-0.15, -0.1) is 0 Å². The summed E-state index contributed by atoms with van der Waals surface area (Å²) >= 11 is 0. The Balaban J connectivity index is 1.99. The normalized spacial score (nSPS) is 10.8. The summed E-state index contributed by atoms with van der Waals surface area (Å²) in [7, 11) is 0. The summed E-state index contributed by atoms with van der Waals surface area (Å²) in [5.41, 5.74) is 4.94. The maximum atomic E-state index is 10.4. The lowest BCUT2D eigenvalue weighted by atomic mass is 10.1. The Labute approximate surface area is 130 Å². The van der Waals surface area contributed by atoms with E-state index in [-0.39, 0.29) is 5.75 Å². The van der Waals surface area contributed by atoms with Crippen molar-refractivity contribution in [1.29, 1.82) is 0 Å². The van der Waals surface area contributed by atoms with Crippen LogP contribution in [-0.2, 0) is 12.8 Å². The minimum absolute atomic E-state index is 0.281. The predicted molar refractivity (Wildman–Crippen MR) is 88.6 cm³/mol. The molecule has 0 spiro atoms. The van der Waals surface area contributed by atoms with Crippen LogP contribution in [0.2, 0.25) is 0 Å². The van der Waals surface area contributed by atoms with Gasteiger partial charge in [-0.05, 0) is 36.6 Å². The van der Waals surface area contributed by atoms with Crippen LogP contribution >= 0.6 is 0 Å². The van der Waals surface area contributed by atoms with E-state index >= 15 is 0 Å². The number of benzene rings is 2. The predicted octanol–water partition coefficient (Wildman–Crippen LogP) is 4.04. The van der Waals surface area contributed by atoms with Crippen molar-refractivity contribution >= 4 is 0 Å². The zero-order valence-electron chi connectivity index (χ0n) is 13.0. The molecule has 0 atom stereocenters. The van der Waals surface area contributed by atoms with Gasteiger partial charge in [0.05, 0.1) is 11.4 Å². The van der Waals surface area contributed by atoms with E-state index < -0.39 is 0 Å². The lowest BCUT2D eigenvalue weighted by Gasteiger charge is -2.08. The zero-order valence-corrected chi connectivity index (χ0v) is 13.0. The van der Waals surface area contributed by atoms with Gasteiger partial charge in [-0.1, -0.05) is 49.4 Å². The third kappa shape index (κ3) is 2.75. The van der Waals surface area contributed by atoms with Gasteiger partial charge in [0.2, 0.25) is 0 Å². The molecule has 0 aliphatic rings. The van der Waals surface area contributed by atoms with E-state index in [1.165, 1.54) is 11.1 Å². The van der Waals surface area contributed by atoms with Gasteiger partial charge in [0, 0.05) is 6.42 Å². The van der Waals surface area contributed by atoms with Gasteiger partial charge in [-0.3, -0.25) is 0 Å².